The van der Waals surface area contributed by atoms with Crippen molar-refractivity contribution in [2.75, 3.05) is 29.1 Å². The monoisotopic (exact) mass is 562 g/mol. The zero-order valence-corrected chi connectivity index (χ0v) is 22.6. The van der Waals surface area contributed by atoms with Crippen LogP contribution in [0, 0.1) is 17.5 Å². The van der Waals surface area contributed by atoms with Gasteiger partial charge in [0.15, 0.2) is 23.3 Å². The lowest BCUT2D eigenvalue weighted by atomic mass is 10.0. The standard InChI is InChI=1S/C27H27ClF3N4O2P/c1-3-38(4-2)22-10-6-5-8-17(22)18-11-12-21(24(31)23(18)30)35-13-7-9-20(26(35)36)33-27(37)34-25-19(29)14-16(28)15-32-25/h5-6,8,10-12,14-15,20H,3-4,7,9,13H2,1-2H3,(H2,32,33,34,37). The van der Waals surface area contributed by atoms with E-state index in [2.05, 4.69) is 29.5 Å². The molecule has 2 aromatic carbocycles. The number of nitrogens with one attached hydrogen (secondary N) is 2. The number of pyridine rings is 1. The average Bonchev–Trinajstić information content (AvgIpc) is 2.90. The third kappa shape index (κ3) is 5.79. The first kappa shape index (κ1) is 27.9. The summed E-state index contributed by atoms with van der Waals surface area (Å²) < 4.78 is 44.8. The lowest BCUT2D eigenvalue weighted by Crippen LogP contribution is -2.53. The predicted molar refractivity (Wildman–Crippen MR) is 146 cm³/mol. The maximum absolute atomic E-state index is 15.5. The molecule has 1 saturated heterocycles. The summed E-state index contributed by atoms with van der Waals surface area (Å²) in [6.07, 6.45) is 3.74. The SMILES string of the molecule is CCP(CC)c1ccccc1-c1ccc(N2CCCC(NC(=O)Nc3ncc(Cl)cc3F)C2=O)c(F)c1F. The van der Waals surface area contributed by atoms with E-state index < -0.39 is 43.4 Å². The summed E-state index contributed by atoms with van der Waals surface area (Å²) >= 11 is 5.67. The van der Waals surface area contributed by atoms with Crippen LogP contribution in [0.2, 0.25) is 5.02 Å². The van der Waals surface area contributed by atoms with Crippen molar-refractivity contribution >= 4 is 48.3 Å². The molecule has 0 aliphatic carbocycles. The molecule has 0 radical (unpaired) electrons. The fourth-order valence-corrected chi connectivity index (χ4v) is 6.66. The van der Waals surface area contributed by atoms with Gasteiger partial charge >= 0.3 is 6.03 Å². The minimum Gasteiger partial charge on any atom is -0.326 e. The van der Waals surface area contributed by atoms with Gasteiger partial charge in [0.1, 0.15) is 6.04 Å². The number of hydrogen-bond donors (Lipinski definition) is 2. The van der Waals surface area contributed by atoms with Crippen LogP contribution in [0.3, 0.4) is 0 Å². The fraction of sp³-hybridized carbons (Fsp3) is 0.296. The van der Waals surface area contributed by atoms with Crippen molar-refractivity contribution in [1.29, 1.82) is 0 Å². The molecule has 0 spiro atoms. The van der Waals surface area contributed by atoms with Gasteiger partial charge in [-0.3, -0.25) is 10.1 Å². The summed E-state index contributed by atoms with van der Waals surface area (Å²) in [4.78, 5) is 30.4. The zero-order valence-electron chi connectivity index (χ0n) is 20.9. The molecule has 6 nitrogen and oxygen atoms in total. The second-order valence-electron chi connectivity index (χ2n) is 8.72. The first-order valence-corrected chi connectivity index (χ1v) is 14.4. The number of carbonyl (C=O) groups excluding carboxylic acids is 2. The number of carbonyl (C=O) groups is 2. The Morgan fingerprint density at radius 1 is 1.11 bits per heavy atom. The van der Waals surface area contributed by atoms with E-state index in [1.807, 2.05) is 12.1 Å². The molecule has 0 bridgehead atoms. The third-order valence-electron chi connectivity index (χ3n) is 6.43. The van der Waals surface area contributed by atoms with Crippen molar-refractivity contribution in [1.82, 2.24) is 10.3 Å². The van der Waals surface area contributed by atoms with E-state index in [1.54, 1.807) is 12.1 Å². The number of benzene rings is 2. The van der Waals surface area contributed by atoms with Crippen molar-refractivity contribution < 1.29 is 22.8 Å². The number of nitrogens with zero attached hydrogens (tertiary/aromatic N) is 2. The van der Waals surface area contributed by atoms with Crippen molar-refractivity contribution in [3.8, 4) is 11.1 Å². The molecule has 4 rings (SSSR count). The molecule has 11 heteroatoms. The van der Waals surface area contributed by atoms with Gasteiger partial charge in [0, 0.05) is 18.3 Å². The first-order chi connectivity index (χ1) is 18.2. The Morgan fingerprint density at radius 3 is 2.55 bits per heavy atom. The number of aromatic nitrogens is 1. The highest BCUT2D eigenvalue weighted by molar-refractivity contribution is 7.65. The molecule has 1 atom stereocenters. The van der Waals surface area contributed by atoms with Gasteiger partial charge in [-0.15, -0.1) is 0 Å². The van der Waals surface area contributed by atoms with E-state index in [0.29, 0.717) is 12.0 Å². The van der Waals surface area contributed by atoms with Crippen LogP contribution in [0.15, 0.2) is 48.7 Å². The largest absolute Gasteiger partial charge is 0.326 e. The van der Waals surface area contributed by atoms with Crippen LogP contribution in [-0.4, -0.2) is 41.8 Å². The Hall–Kier alpha value is -3.16. The summed E-state index contributed by atoms with van der Waals surface area (Å²) in [6, 6.07) is 9.45. The van der Waals surface area contributed by atoms with E-state index in [9.17, 15) is 14.0 Å². The summed E-state index contributed by atoms with van der Waals surface area (Å²) in [5.41, 5.74) is 0.598. The zero-order chi connectivity index (χ0) is 27.4. The highest BCUT2D eigenvalue weighted by Crippen LogP contribution is 2.39. The molecule has 1 aliphatic heterocycles. The normalized spacial score (nSPS) is 15.6. The van der Waals surface area contributed by atoms with Crippen LogP contribution in [0.25, 0.3) is 11.1 Å². The van der Waals surface area contributed by atoms with Gasteiger partial charge in [-0.25, -0.2) is 22.9 Å². The number of hydrogen-bond acceptors (Lipinski definition) is 3. The Balaban J connectivity index is 1.55. The molecule has 3 amide bonds. The second-order valence-corrected chi connectivity index (χ2v) is 12.0. The lowest BCUT2D eigenvalue weighted by molar-refractivity contribution is -0.121. The number of amides is 3. The maximum Gasteiger partial charge on any atom is 0.321 e. The van der Waals surface area contributed by atoms with Gasteiger partial charge in [-0.2, -0.15) is 0 Å². The van der Waals surface area contributed by atoms with Crippen LogP contribution in [0.1, 0.15) is 26.7 Å². The molecule has 1 unspecified atom stereocenters. The molecule has 3 aromatic rings. The third-order valence-corrected chi connectivity index (χ3v) is 9.24. The Bertz CT molecular complexity index is 1360. The molecule has 1 aliphatic rings. The molecule has 1 fully saturated rings. The lowest BCUT2D eigenvalue weighted by Gasteiger charge is -2.33. The van der Waals surface area contributed by atoms with Crippen LogP contribution in [0.4, 0.5) is 29.5 Å². The van der Waals surface area contributed by atoms with Gasteiger partial charge in [0.05, 0.1) is 10.7 Å². The minimum absolute atomic E-state index is 0.0619. The van der Waals surface area contributed by atoms with Crippen molar-refractivity contribution in [3.63, 3.8) is 0 Å². The molecular formula is C27H27ClF3N4O2P. The van der Waals surface area contributed by atoms with E-state index in [4.69, 9.17) is 11.6 Å². The van der Waals surface area contributed by atoms with Gasteiger partial charge in [-0.05, 0) is 54.2 Å². The quantitative estimate of drug-likeness (QED) is 0.333. The highest BCUT2D eigenvalue weighted by atomic mass is 35.5. The first-order valence-electron chi connectivity index (χ1n) is 12.3. The number of anilines is 2. The molecule has 38 heavy (non-hydrogen) atoms. The Kier molecular flexibility index (Phi) is 8.90. The van der Waals surface area contributed by atoms with Crippen LogP contribution in [-0.2, 0) is 4.79 Å². The average molecular weight is 563 g/mol. The van der Waals surface area contributed by atoms with Crippen molar-refractivity contribution in [3.05, 3.63) is 71.1 Å². The predicted octanol–water partition coefficient (Wildman–Crippen LogP) is 6.28. The van der Waals surface area contributed by atoms with Crippen LogP contribution < -0.4 is 20.8 Å². The number of rotatable bonds is 7. The highest BCUT2D eigenvalue weighted by Gasteiger charge is 2.33. The summed E-state index contributed by atoms with van der Waals surface area (Å²) in [7, 11) is -0.516. The molecule has 2 N–H and O–H groups in total. The summed E-state index contributed by atoms with van der Waals surface area (Å²) in [6.45, 7) is 4.33. The van der Waals surface area contributed by atoms with Gasteiger partial charge in [-0.1, -0.05) is 57.6 Å². The van der Waals surface area contributed by atoms with E-state index in [0.717, 1.165) is 28.6 Å². The van der Waals surface area contributed by atoms with E-state index in [-0.39, 0.29) is 35.1 Å². The topological polar surface area (TPSA) is 74.3 Å². The van der Waals surface area contributed by atoms with E-state index >= 15 is 8.78 Å². The number of halogens is 4. The molecule has 2 heterocycles. The van der Waals surface area contributed by atoms with Gasteiger partial charge in [0.2, 0.25) is 5.91 Å². The molecule has 0 saturated carbocycles. The minimum atomic E-state index is -1.12. The van der Waals surface area contributed by atoms with Crippen molar-refractivity contribution in [2.24, 2.45) is 0 Å². The summed E-state index contributed by atoms with van der Waals surface area (Å²) in [5, 5.41) is 5.77. The second kappa shape index (κ2) is 12.1. The molecule has 200 valence electrons. The molecular weight excluding hydrogens is 536 g/mol. The fourth-order valence-electron chi connectivity index (χ4n) is 4.55. The van der Waals surface area contributed by atoms with Crippen LogP contribution >= 0.6 is 19.5 Å². The van der Waals surface area contributed by atoms with E-state index in [1.165, 1.54) is 18.3 Å². The van der Waals surface area contributed by atoms with Gasteiger partial charge < -0.3 is 10.2 Å². The van der Waals surface area contributed by atoms with Crippen LogP contribution in [0.5, 0.6) is 0 Å². The van der Waals surface area contributed by atoms with Gasteiger partial charge in [0.25, 0.3) is 0 Å². The number of urea groups is 1. The molecule has 1 aromatic heterocycles. The maximum atomic E-state index is 15.5. The Labute approximate surface area is 225 Å². The number of piperidine rings is 1. The smallest absolute Gasteiger partial charge is 0.321 e. The Morgan fingerprint density at radius 2 is 1.84 bits per heavy atom. The van der Waals surface area contributed by atoms with Crippen molar-refractivity contribution in [2.45, 2.75) is 32.7 Å². The summed E-state index contributed by atoms with van der Waals surface area (Å²) in [5.74, 6) is -3.94.